The van der Waals surface area contributed by atoms with Gasteiger partial charge in [-0.1, -0.05) is 36.3 Å². The van der Waals surface area contributed by atoms with E-state index in [2.05, 4.69) is 12.8 Å². The Hall–Kier alpha value is -2.67. The van der Waals surface area contributed by atoms with Gasteiger partial charge in [-0.2, -0.15) is 10.5 Å². The molecule has 0 saturated carbocycles. The molecule has 1 amide bonds. The summed E-state index contributed by atoms with van der Waals surface area (Å²) in [7, 11) is 0. The summed E-state index contributed by atoms with van der Waals surface area (Å²) in [6, 6.07) is 3.76. The molecule has 0 aromatic heterocycles. The van der Waals surface area contributed by atoms with Gasteiger partial charge >= 0.3 is 24.0 Å². The van der Waals surface area contributed by atoms with Crippen LogP contribution in [0.1, 0.15) is 13.8 Å². The Morgan fingerprint density at radius 1 is 1.00 bits per heavy atom. The number of nitrogens with zero attached hydrogens (tertiary/aromatic N) is 2. The Bertz CT molecular complexity index is 1250. The van der Waals surface area contributed by atoms with Crippen LogP contribution in [0.2, 0.25) is 0 Å². The number of ether oxygens (including phenoxy) is 4. The Labute approximate surface area is 239 Å². The Balaban J connectivity index is 2.22. The number of carbonyl (C=O) groups is 4. The molecule has 1 aromatic rings. The number of nitriles is 2. The molecule has 0 aliphatic carbocycles. The number of hydrogen-bond acceptors (Lipinski definition) is 16. The molecule has 1 aromatic carbocycles. The Kier molecular flexibility index (Phi) is 10.5. The highest BCUT2D eigenvalue weighted by Crippen LogP contribution is 2.67. The molecule has 0 radical (unpaired) electrons. The average Bonchev–Trinajstić information content (AvgIpc) is 3.52. The molecule has 2 unspecified atom stereocenters. The quantitative estimate of drug-likeness (QED) is 0.127. The number of hydrogen-bond donors (Lipinski definition) is 3. The molecule has 2 aliphatic heterocycles. The second-order valence-electron chi connectivity index (χ2n) is 6.82. The fourth-order valence-corrected chi connectivity index (χ4v) is 8.82. The molecule has 0 bridgehead atoms. The smallest absolute Gasteiger partial charge is 0.422 e. The average molecular weight is 615 g/mol. The van der Waals surface area contributed by atoms with Crippen molar-refractivity contribution in [3.05, 3.63) is 9.81 Å². The molecule has 0 saturated heterocycles. The zero-order valence-corrected chi connectivity index (χ0v) is 23.8. The largest absolute Gasteiger partial charge is 0.465 e. The summed E-state index contributed by atoms with van der Waals surface area (Å²) in [6.07, 6.45) is -0.949. The molecule has 200 valence electrons. The van der Waals surface area contributed by atoms with Crippen LogP contribution in [0.25, 0.3) is 0 Å². The van der Waals surface area contributed by atoms with Gasteiger partial charge in [0.25, 0.3) is 0 Å². The number of amides is 1. The summed E-state index contributed by atoms with van der Waals surface area (Å²) in [5.41, 5.74) is 5.17. The minimum absolute atomic E-state index is 0.00305. The lowest BCUT2D eigenvalue weighted by Gasteiger charge is -2.16. The Morgan fingerprint density at radius 2 is 1.58 bits per heavy atom. The first-order chi connectivity index (χ1) is 18.2. The topological polar surface area (TPSA) is 191 Å². The highest BCUT2D eigenvalue weighted by atomic mass is 32.2. The van der Waals surface area contributed by atoms with Gasteiger partial charge in [0, 0.05) is 0 Å². The van der Waals surface area contributed by atoms with Crippen molar-refractivity contribution in [3.8, 4) is 23.6 Å². The van der Waals surface area contributed by atoms with Crippen LogP contribution >= 0.6 is 59.9 Å². The predicted octanol–water partition coefficient (Wildman–Crippen LogP) is 3.21. The first-order valence-electron chi connectivity index (χ1n) is 10.6. The van der Waals surface area contributed by atoms with E-state index in [9.17, 15) is 29.7 Å². The Morgan fingerprint density at radius 3 is 2.05 bits per heavy atom. The van der Waals surface area contributed by atoms with Crippen molar-refractivity contribution >= 4 is 83.9 Å². The van der Waals surface area contributed by atoms with Crippen molar-refractivity contribution in [2.24, 2.45) is 11.7 Å². The molecule has 12 nitrogen and oxygen atoms in total. The van der Waals surface area contributed by atoms with E-state index in [0.29, 0.717) is 9.79 Å². The molecule has 2 aliphatic rings. The monoisotopic (exact) mass is 614 g/mol. The summed E-state index contributed by atoms with van der Waals surface area (Å²) in [5.74, 6) is -3.56. The van der Waals surface area contributed by atoms with E-state index in [1.54, 1.807) is 13.8 Å². The lowest BCUT2D eigenvalue weighted by atomic mass is 10.2. The van der Waals surface area contributed by atoms with Gasteiger partial charge in [-0.05, 0) is 13.8 Å². The normalized spacial score (nSPS) is 17.2. The van der Waals surface area contributed by atoms with Gasteiger partial charge in [-0.15, -0.1) is 23.5 Å². The first kappa shape index (κ1) is 29.9. The molecule has 3 rings (SSSR count). The third-order valence-electron chi connectivity index (χ3n) is 4.51. The minimum atomic E-state index is -1.21. The zero-order chi connectivity index (χ0) is 28.0. The van der Waals surface area contributed by atoms with Crippen LogP contribution in [-0.2, 0) is 23.9 Å². The third kappa shape index (κ3) is 6.14. The summed E-state index contributed by atoms with van der Waals surface area (Å²) < 4.78 is 22.5. The summed E-state index contributed by atoms with van der Waals surface area (Å²) in [6.45, 7) is 2.85. The van der Waals surface area contributed by atoms with Gasteiger partial charge < -0.3 is 24.7 Å². The van der Waals surface area contributed by atoms with E-state index < -0.39 is 41.0 Å². The molecule has 3 N–H and O–H groups in total. The summed E-state index contributed by atoms with van der Waals surface area (Å²) >= 11 is 7.67. The van der Waals surface area contributed by atoms with Crippen LogP contribution in [0, 0.1) is 28.6 Å². The second-order valence-corrected chi connectivity index (χ2v) is 11.9. The highest BCUT2D eigenvalue weighted by Gasteiger charge is 2.44. The van der Waals surface area contributed by atoms with E-state index in [0.717, 1.165) is 47.0 Å². The van der Waals surface area contributed by atoms with Crippen LogP contribution in [0.5, 0.6) is 11.5 Å². The van der Waals surface area contributed by atoms with Crippen LogP contribution in [0.4, 0.5) is 4.79 Å². The van der Waals surface area contributed by atoms with Crippen LogP contribution in [-0.4, -0.2) is 48.3 Å². The van der Waals surface area contributed by atoms with Gasteiger partial charge in [-0.3, -0.25) is 14.3 Å². The van der Waals surface area contributed by atoms with Gasteiger partial charge in [-0.25, -0.2) is 9.59 Å². The number of rotatable bonds is 8. The number of fused-ring (bicyclic) bond motifs is 2. The van der Waals surface area contributed by atoms with E-state index >= 15 is 0 Å². The maximum absolute atomic E-state index is 12.4. The lowest BCUT2D eigenvalue weighted by Crippen LogP contribution is -2.23. The van der Waals surface area contributed by atoms with Gasteiger partial charge in [0.1, 0.15) is 6.07 Å². The molecule has 0 fully saturated rings. The first-order valence-corrected chi connectivity index (χ1v) is 14.4. The van der Waals surface area contributed by atoms with Crippen molar-refractivity contribution in [1.29, 1.82) is 10.5 Å². The van der Waals surface area contributed by atoms with Crippen LogP contribution in [0.3, 0.4) is 0 Å². The van der Waals surface area contributed by atoms with E-state index in [4.69, 9.17) is 24.7 Å². The number of thiol groups is 1. The number of carbonyl (C=O) groups excluding carboxylic acids is 4. The number of esters is 3. The van der Waals surface area contributed by atoms with E-state index in [1.165, 1.54) is 0 Å². The van der Waals surface area contributed by atoms with Crippen LogP contribution < -0.4 is 19.9 Å². The fraction of sp³-hybridized carbons (Fsp3) is 0.333. The summed E-state index contributed by atoms with van der Waals surface area (Å²) in [5, 5.41) is 19.3. The minimum Gasteiger partial charge on any atom is -0.465 e. The SMILES string of the molecule is CCOC(=O)/C(C#N)=C1\Sc2c(OC(=O)CN)c3c(c(OC(=O)NS)c2S1)SC(C(C#N)C(=O)OCC)S3. The zero-order valence-electron chi connectivity index (χ0n) is 19.6. The van der Waals surface area contributed by atoms with Crippen molar-refractivity contribution < 1.29 is 38.1 Å². The highest BCUT2D eigenvalue weighted by molar-refractivity contribution is 8.25. The third-order valence-corrected chi connectivity index (χ3v) is 10.3. The molecule has 2 heterocycles. The number of nitrogens with one attached hydrogen (secondary N) is 1. The van der Waals surface area contributed by atoms with Crippen molar-refractivity contribution in [2.45, 2.75) is 38.0 Å². The van der Waals surface area contributed by atoms with Gasteiger partial charge in [0.05, 0.1) is 54.2 Å². The maximum atomic E-state index is 12.4. The number of nitrogens with two attached hydrogens (primary N) is 1. The van der Waals surface area contributed by atoms with Gasteiger partial charge in [0.2, 0.25) is 0 Å². The summed E-state index contributed by atoms with van der Waals surface area (Å²) in [4.78, 5) is 50.4. The molecule has 38 heavy (non-hydrogen) atoms. The number of thioether (sulfide) groups is 4. The number of benzene rings is 1. The van der Waals surface area contributed by atoms with Crippen LogP contribution in [0.15, 0.2) is 29.4 Å². The molecule has 2 atom stereocenters. The molecule has 17 heteroatoms. The molecular weight excluding hydrogens is 597 g/mol. The van der Waals surface area contributed by atoms with Crippen molar-refractivity contribution in [2.75, 3.05) is 19.8 Å². The lowest BCUT2D eigenvalue weighted by molar-refractivity contribution is -0.145. The van der Waals surface area contributed by atoms with Crippen molar-refractivity contribution in [3.63, 3.8) is 0 Å². The second kappa shape index (κ2) is 13.4. The van der Waals surface area contributed by atoms with Gasteiger partial charge in [0.15, 0.2) is 23.0 Å². The standard InChI is InChI=1S/C21H18N4O8S5/c1-3-30-17(27)8(5-22)19-35-13-11(32-10(26)7-24)14-16(12(15(13)37-19)33-21(29)25-34)38-20(36-14)9(6-23)18(28)31-4-2/h8,19,34H,3-4,7,24H2,1-2H3,(H,25,29)/b20-9+. The fourth-order valence-electron chi connectivity index (χ4n) is 3.01. The predicted molar refractivity (Wildman–Crippen MR) is 142 cm³/mol. The molecular formula is C21H18N4O8S5. The van der Waals surface area contributed by atoms with E-state index in [1.807, 2.05) is 16.9 Å². The maximum Gasteiger partial charge on any atom is 0.422 e. The van der Waals surface area contributed by atoms with Crippen molar-refractivity contribution in [1.82, 2.24) is 4.72 Å². The molecule has 0 spiro atoms. The van der Waals surface area contributed by atoms with E-state index in [-0.39, 0.29) is 44.3 Å².